The van der Waals surface area contributed by atoms with Crippen LogP contribution in [0.5, 0.6) is 11.6 Å². The maximum atomic E-state index is 5.92. The van der Waals surface area contributed by atoms with Crippen molar-refractivity contribution in [1.82, 2.24) is 9.97 Å². The van der Waals surface area contributed by atoms with Crippen LogP contribution in [0.4, 0.5) is 0 Å². The van der Waals surface area contributed by atoms with Gasteiger partial charge in [0, 0.05) is 22.5 Å². The summed E-state index contributed by atoms with van der Waals surface area (Å²) in [5.41, 5.74) is 0. The molecule has 2 rings (SSSR count). The smallest absolute Gasteiger partial charge is 0.223 e. The monoisotopic (exact) mass is 360 g/mol. The van der Waals surface area contributed by atoms with Crippen LogP contribution in [0.2, 0.25) is 10.0 Å². The first-order chi connectivity index (χ1) is 9.06. The molecule has 0 amide bonds. The normalized spacial score (nSPS) is 10.5. The fraction of sp³-hybridized carbons (Fsp3) is 0.231. The molecule has 0 saturated carbocycles. The molecule has 1 aromatic carbocycles. The van der Waals surface area contributed by atoms with Gasteiger partial charge in [0.05, 0.1) is 0 Å². The van der Waals surface area contributed by atoms with Crippen LogP contribution in [0, 0.1) is 0 Å². The van der Waals surface area contributed by atoms with Gasteiger partial charge in [0.1, 0.15) is 16.2 Å². The maximum absolute atomic E-state index is 5.92. The molecular formula is C13H11BrCl2N2O. The number of hydrogen-bond donors (Lipinski definition) is 0. The van der Waals surface area contributed by atoms with Crippen molar-refractivity contribution in [3.63, 3.8) is 0 Å². The Morgan fingerprint density at radius 1 is 1.11 bits per heavy atom. The van der Waals surface area contributed by atoms with Crippen LogP contribution >= 0.6 is 39.1 Å². The molecule has 0 aliphatic carbocycles. The number of aromatic nitrogens is 2. The summed E-state index contributed by atoms with van der Waals surface area (Å²) < 4.78 is 6.35. The van der Waals surface area contributed by atoms with Gasteiger partial charge in [-0.2, -0.15) is 4.98 Å². The summed E-state index contributed by atoms with van der Waals surface area (Å²) in [4.78, 5) is 8.60. The number of rotatable bonds is 4. The van der Waals surface area contributed by atoms with Gasteiger partial charge in [-0.15, -0.1) is 0 Å². The molecule has 1 aromatic heterocycles. The van der Waals surface area contributed by atoms with E-state index in [2.05, 4.69) is 32.8 Å². The Morgan fingerprint density at radius 2 is 1.79 bits per heavy atom. The van der Waals surface area contributed by atoms with Crippen molar-refractivity contribution in [3.8, 4) is 11.6 Å². The van der Waals surface area contributed by atoms with Crippen molar-refractivity contribution >= 4 is 39.1 Å². The lowest BCUT2D eigenvalue weighted by atomic mass is 10.3. The van der Waals surface area contributed by atoms with Crippen molar-refractivity contribution in [3.05, 3.63) is 44.7 Å². The lowest BCUT2D eigenvalue weighted by Crippen LogP contribution is -1.97. The van der Waals surface area contributed by atoms with E-state index in [4.69, 9.17) is 27.9 Å². The van der Waals surface area contributed by atoms with E-state index in [9.17, 15) is 0 Å². The highest BCUT2D eigenvalue weighted by Crippen LogP contribution is 2.28. The largest absolute Gasteiger partial charge is 0.439 e. The standard InChI is InChI=1S/C13H11BrCl2N2O/c1-2-3-12-17-11(14)7-13(18-12)19-10-5-8(15)4-9(16)6-10/h4-7H,2-3H2,1H3. The molecule has 0 radical (unpaired) electrons. The number of benzene rings is 1. The van der Waals surface area contributed by atoms with Gasteiger partial charge in [-0.3, -0.25) is 0 Å². The molecule has 2 aromatic rings. The van der Waals surface area contributed by atoms with Crippen molar-refractivity contribution in [1.29, 1.82) is 0 Å². The molecule has 19 heavy (non-hydrogen) atoms. The summed E-state index contributed by atoms with van der Waals surface area (Å²) in [6.45, 7) is 2.07. The fourth-order valence-corrected chi connectivity index (χ4v) is 2.44. The zero-order valence-corrected chi connectivity index (χ0v) is 13.3. The third-order valence-electron chi connectivity index (χ3n) is 2.25. The van der Waals surface area contributed by atoms with E-state index >= 15 is 0 Å². The van der Waals surface area contributed by atoms with E-state index < -0.39 is 0 Å². The van der Waals surface area contributed by atoms with Crippen LogP contribution in [0.25, 0.3) is 0 Å². The predicted octanol–water partition coefficient (Wildman–Crippen LogP) is 5.29. The second-order valence-corrected chi connectivity index (χ2v) is 5.59. The molecule has 0 aliphatic rings. The lowest BCUT2D eigenvalue weighted by molar-refractivity contribution is 0.457. The topological polar surface area (TPSA) is 35.0 Å². The molecule has 0 bridgehead atoms. The second kappa shape index (κ2) is 6.55. The van der Waals surface area contributed by atoms with Crippen LogP contribution in [0.3, 0.4) is 0 Å². The average Bonchev–Trinajstić information content (AvgIpc) is 2.26. The van der Waals surface area contributed by atoms with Crippen LogP contribution in [0.1, 0.15) is 19.2 Å². The van der Waals surface area contributed by atoms with Crippen molar-refractivity contribution in [2.24, 2.45) is 0 Å². The number of ether oxygens (including phenoxy) is 1. The average molecular weight is 362 g/mol. The predicted molar refractivity (Wildman–Crippen MR) is 80.3 cm³/mol. The summed E-state index contributed by atoms with van der Waals surface area (Å²) in [5, 5.41) is 1.04. The van der Waals surface area contributed by atoms with Gasteiger partial charge in [0.25, 0.3) is 0 Å². The molecule has 0 saturated heterocycles. The zero-order chi connectivity index (χ0) is 13.8. The molecule has 6 heteroatoms. The summed E-state index contributed by atoms with van der Waals surface area (Å²) in [6, 6.07) is 6.72. The van der Waals surface area contributed by atoms with Gasteiger partial charge in [0.15, 0.2) is 0 Å². The highest BCUT2D eigenvalue weighted by Gasteiger charge is 2.06. The van der Waals surface area contributed by atoms with Gasteiger partial charge in [-0.25, -0.2) is 4.98 Å². The van der Waals surface area contributed by atoms with E-state index in [-0.39, 0.29) is 0 Å². The Kier molecular flexibility index (Phi) is 5.02. The molecule has 0 atom stereocenters. The van der Waals surface area contributed by atoms with Crippen molar-refractivity contribution in [2.45, 2.75) is 19.8 Å². The Balaban J connectivity index is 2.27. The van der Waals surface area contributed by atoms with E-state index in [1.54, 1.807) is 24.3 Å². The quantitative estimate of drug-likeness (QED) is 0.694. The van der Waals surface area contributed by atoms with E-state index in [0.29, 0.717) is 26.3 Å². The minimum atomic E-state index is 0.462. The zero-order valence-electron chi connectivity index (χ0n) is 10.2. The SMILES string of the molecule is CCCc1nc(Br)cc(Oc2cc(Cl)cc(Cl)c2)n1. The van der Waals surface area contributed by atoms with Crippen LogP contribution < -0.4 is 4.74 Å². The molecule has 3 nitrogen and oxygen atoms in total. The third-order valence-corrected chi connectivity index (χ3v) is 3.09. The molecule has 0 unspecified atom stereocenters. The number of halogens is 3. The summed E-state index contributed by atoms with van der Waals surface area (Å²) in [7, 11) is 0. The molecule has 0 fully saturated rings. The van der Waals surface area contributed by atoms with E-state index in [0.717, 1.165) is 18.7 Å². The molecule has 0 spiro atoms. The Morgan fingerprint density at radius 3 is 2.42 bits per heavy atom. The Hall–Kier alpha value is -0.840. The Bertz CT molecular complexity index is 573. The number of aryl methyl sites for hydroxylation is 1. The Labute approximate surface area is 130 Å². The number of nitrogens with zero attached hydrogens (tertiary/aromatic N) is 2. The van der Waals surface area contributed by atoms with Gasteiger partial charge in [-0.05, 0) is 40.5 Å². The van der Waals surface area contributed by atoms with Crippen LogP contribution in [-0.4, -0.2) is 9.97 Å². The van der Waals surface area contributed by atoms with Gasteiger partial charge < -0.3 is 4.74 Å². The van der Waals surface area contributed by atoms with Crippen LogP contribution in [-0.2, 0) is 6.42 Å². The van der Waals surface area contributed by atoms with Crippen molar-refractivity contribution < 1.29 is 4.74 Å². The minimum Gasteiger partial charge on any atom is -0.439 e. The molecular weight excluding hydrogens is 351 g/mol. The molecule has 0 N–H and O–H groups in total. The maximum Gasteiger partial charge on any atom is 0.223 e. The molecule has 100 valence electrons. The van der Waals surface area contributed by atoms with Gasteiger partial charge in [-0.1, -0.05) is 30.1 Å². The first-order valence-corrected chi connectivity index (χ1v) is 7.29. The molecule has 1 heterocycles. The third kappa shape index (κ3) is 4.34. The highest BCUT2D eigenvalue weighted by molar-refractivity contribution is 9.10. The van der Waals surface area contributed by atoms with Gasteiger partial charge >= 0.3 is 0 Å². The fourth-order valence-electron chi connectivity index (χ4n) is 1.54. The lowest BCUT2D eigenvalue weighted by Gasteiger charge is -2.07. The first-order valence-electron chi connectivity index (χ1n) is 5.74. The van der Waals surface area contributed by atoms with E-state index in [1.807, 2.05) is 0 Å². The summed E-state index contributed by atoms with van der Waals surface area (Å²) in [5.74, 6) is 1.74. The molecule has 0 aliphatic heterocycles. The summed E-state index contributed by atoms with van der Waals surface area (Å²) >= 11 is 15.2. The highest BCUT2D eigenvalue weighted by atomic mass is 79.9. The van der Waals surface area contributed by atoms with Gasteiger partial charge in [0.2, 0.25) is 5.88 Å². The number of hydrogen-bond acceptors (Lipinski definition) is 3. The first kappa shape index (κ1) is 14.6. The van der Waals surface area contributed by atoms with Crippen LogP contribution in [0.15, 0.2) is 28.9 Å². The van der Waals surface area contributed by atoms with E-state index in [1.165, 1.54) is 0 Å². The van der Waals surface area contributed by atoms with Crippen molar-refractivity contribution in [2.75, 3.05) is 0 Å². The summed E-state index contributed by atoms with van der Waals surface area (Å²) in [6.07, 6.45) is 1.77. The second-order valence-electron chi connectivity index (χ2n) is 3.90. The minimum absolute atomic E-state index is 0.462.